The van der Waals surface area contributed by atoms with Gasteiger partial charge < -0.3 is 8.83 Å². The van der Waals surface area contributed by atoms with Crippen LogP contribution in [-0.4, -0.2) is 0 Å². The number of fused-ring (bicyclic) bond motifs is 8. The van der Waals surface area contributed by atoms with E-state index >= 15 is 0 Å². The molecule has 4 nitrogen and oxygen atoms in total. The van der Waals surface area contributed by atoms with E-state index in [9.17, 15) is 5.26 Å². The molecule has 0 saturated carbocycles. The Balaban J connectivity index is 1.71. The first kappa shape index (κ1) is 19.8. The molecule has 0 bridgehead atoms. The molecule has 7 rings (SSSR count). The molecule has 35 heavy (non-hydrogen) atoms. The van der Waals surface area contributed by atoms with Crippen LogP contribution in [0.3, 0.4) is 0 Å². The molecule has 0 N–H and O–H groups in total. The lowest BCUT2D eigenvalue weighted by Crippen LogP contribution is -2.32. The third-order valence-electron chi connectivity index (χ3n) is 7.29. The Bertz CT molecular complexity index is 2050. The second-order valence-corrected chi connectivity index (χ2v) is 9.25. The van der Waals surface area contributed by atoms with Crippen LogP contribution >= 0.6 is 0 Å². The predicted molar refractivity (Wildman–Crippen MR) is 139 cm³/mol. The van der Waals surface area contributed by atoms with Crippen molar-refractivity contribution in [3.8, 4) is 17.3 Å². The molecule has 3 aromatic heterocycles. The Morgan fingerprint density at radius 2 is 1.37 bits per heavy atom. The second kappa shape index (κ2) is 6.94. The Morgan fingerprint density at radius 3 is 2.09 bits per heavy atom. The Hall–Kier alpha value is -4.62. The van der Waals surface area contributed by atoms with Gasteiger partial charge in [0, 0.05) is 21.5 Å². The van der Waals surface area contributed by atoms with Crippen molar-refractivity contribution in [3.05, 3.63) is 89.6 Å². The van der Waals surface area contributed by atoms with Gasteiger partial charge in [-0.15, -0.1) is 0 Å². The van der Waals surface area contributed by atoms with Gasteiger partial charge in [-0.1, -0.05) is 36.4 Å². The van der Waals surface area contributed by atoms with Gasteiger partial charge in [0.2, 0.25) is 5.69 Å². The molecule has 7 aromatic rings. The van der Waals surface area contributed by atoms with E-state index in [1.54, 1.807) is 0 Å². The quantitative estimate of drug-likeness (QED) is 0.240. The van der Waals surface area contributed by atoms with Crippen molar-refractivity contribution in [2.45, 2.75) is 13.8 Å². The number of aryl methyl sites for hydroxylation is 2. The standard InChI is InChI=1S/C31H21N2O2/c1-17-14-24-21-9-5-7-11-26(21)35-31(24)27(18(17)2)29-23-13-12-22-20-8-4-6-10-25(20)34-30(22)28(23)19(15-32)16-33(29)3/h4-14,16H,1-3H3/q+1. The van der Waals surface area contributed by atoms with Crippen LogP contribution in [0.2, 0.25) is 0 Å². The normalized spacial score (nSPS) is 11.8. The molecule has 0 saturated heterocycles. The summed E-state index contributed by atoms with van der Waals surface area (Å²) < 4.78 is 14.9. The minimum Gasteiger partial charge on any atom is -0.455 e. The molecule has 0 aliphatic carbocycles. The van der Waals surface area contributed by atoms with Crippen molar-refractivity contribution in [1.29, 1.82) is 5.26 Å². The third-order valence-corrected chi connectivity index (χ3v) is 7.29. The van der Waals surface area contributed by atoms with Crippen LogP contribution in [-0.2, 0) is 7.05 Å². The van der Waals surface area contributed by atoms with Crippen molar-refractivity contribution in [2.24, 2.45) is 7.05 Å². The summed E-state index contributed by atoms with van der Waals surface area (Å²) in [5.41, 5.74) is 8.28. The smallest absolute Gasteiger partial charge is 0.224 e. The van der Waals surface area contributed by atoms with Crippen molar-refractivity contribution < 1.29 is 13.4 Å². The van der Waals surface area contributed by atoms with Gasteiger partial charge in [-0.05, 0) is 55.3 Å². The molecule has 3 heterocycles. The van der Waals surface area contributed by atoms with Gasteiger partial charge in [0.25, 0.3) is 0 Å². The molecule has 0 radical (unpaired) electrons. The molecule has 0 aliphatic rings. The highest BCUT2D eigenvalue weighted by Gasteiger charge is 2.28. The average Bonchev–Trinajstić information content (AvgIpc) is 3.43. The zero-order chi connectivity index (χ0) is 23.8. The number of para-hydroxylation sites is 2. The number of pyridine rings is 1. The lowest BCUT2D eigenvalue weighted by molar-refractivity contribution is -0.659. The van der Waals surface area contributed by atoms with Crippen molar-refractivity contribution >= 4 is 54.6 Å². The van der Waals surface area contributed by atoms with Crippen LogP contribution < -0.4 is 4.57 Å². The van der Waals surface area contributed by atoms with Crippen molar-refractivity contribution in [1.82, 2.24) is 0 Å². The molecule has 0 fully saturated rings. The highest BCUT2D eigenvalue weighted by Crippen LogP contribution is 2.43. The number of hydrogen-bond acceptors (Lipinski definition) is 3. The Morgan fingerprint density at radius 1 is 0.743 bits per heavy atom. The van der Waals surface area contributed by atoms with Crippen LogP contribution in [0, 0.1) is 25.2 Å². The summed E-state index contributed by atoms with van der Waals surface area (Å²) in [6.45, 7) is 4.28. The van der Waals surface area contributed by atoms with E-state index in [2.05, 4.69) is 50.2 Å². The highest BCUT2D eigenvalue weighted by molar-refractivity contribution is 6.19. The number of nitrogens with zero attached hydrogens (tertiary/aromatic N) is 2. The Labute approximate surface area is 201 Å². The second-order valence-electron chi connectivity index (χ2n) is 9.25. The topological polar surface area (TPSA) is 54.0 Å². The maximum atomic E-state index is 10.1. The zero-order valence-electron chi connectivity index (χ0n) is 19.6. The molecule has 0 atom stereocenters. The van der Waals surface area contributed by atoms with Gasteiger partial charge in [0.05, 0.1) is 16.3 Å². The number of hydrogen-bond donors (Lipinski definition) is 0. The summed E-state index contributed by atoms with van der Waals surface area (Å²) in [5, 5.41) is 16.2. The molecule has 0 aliphatic heterocycles. The van der Waals surface area contributed by atoms with E-state index in [0.29, 0.717) is 5.56 Å². The number of aromatic nitrogens is 1. The largest absolute Gasteiger partial charge is 0.455 e. The molecule has 4 aromatic carbocycles. The molecule has 0 unspecified atom stereocenters. The number of rotatable bonds is 1. The molecule has 0 spiro atoms. The summed E-state index contributed by atoms with van der Waals surface area (Å²) in [5.74, 6) is 0. The number of nitriles is 1. The summed E-state index contributed by atoms with van der Waals surface area (Å²) in [4.78, 5) is 0. The first-order chi connectivity index (χ1) is 17.1. The van der Waals surface area contributed by atoms with E-state index in [4.69, 9.17) is 8.83 Å². The SMILES string of the molecule is Cc1cc2c(oc3ccccc32)c(-c2c3ccc4c5ccccc5oc4c3c(C#N)c[n+]2C)c1C. The zero-order valence-corrected chi connectivity index (χ0v) is 19.6. The maximum absolute atomic E-state index is 10.1. The minimum absolute atomic E-state index is 0.585. The molecule has 0 amide bonds. The lowest BCUT2D eigenvalue weighted by Gasteiger charge is -2.12. The van der Waals surface area contributed by atoms with E-state index in [-0.39, 0.29) is 0 Å². The number of benzene rings is 4. The molecular weight excluding hydrogens is 432 g/mol. The Kier molecular flexibility index (Phi) is 3.93. The summed E-state index contributed by atoms with van der Waals surface area (Å²) in [6.07, 6.45) is 1.90. The van der Waals surface area contributed by atoms with Crippen molar-refractivity contribution in [2.75, 3.05) is 0 Å². The van der Waals surface area contributed by atoms with Gasteiger partial charge in [0.15, 0.2) is 6.20 Å². The van der Waals surface area contributed by atoms with Crippen LogP contribution in [0.15, 0.2) is 81.8 Å². The summed E-state index contributed by atoms with van der Waals surface area (Å²) in [7, 11) is 1.99. The first-order valence-corrected chi connectivity index (χ1v) is 11.7. The molecule has 166 valence electrons. The van der Waals surface area contributed by atoms with E-state index in [0.717, 1.165) is 71.5 Å². The monoisotopic (exact) mass is 453 g/mol. The van der Waals surface area contributed by atoms with Gasteiger partial charge in [-0.2, -0.15) is 9.83 Å². The molecular formula is C31H21N2O2+. The third kappa shape index (κ3) is 2.58. The number of furan rings is 2. The predicted octanol–water partition coefficient (Wildman–Crippen LogP) is 7.62. The van der Waals surface area contributed by atoms with Gasteiger partial charge in [0.1, 0.15) is 41.0 Å². The van der Waals surface area contributed by atoms with Gasteiger partial charge >= 0.3 is 0 Å². The molecule has 4 heteroatoms. The van der Waals surface area contributed by atoms with Crippen LogP contribution in [0.5, 0.6) is 0 Å². The van der Waals surface area contributed by atoms with Crippen LogP contribution in [0.25, 0.3) is 65.9 Å². The van der Waals surface area contributed by atoms with Gasteiger partial charge in [-0.3, -0.25) is 0 Å². The summed E-state index contributed by atoms with van der Waals surface area (Å²) >= 11 is 0. The van der Waals surface area contributed by atoms with Crippen LogP contribution in [0.1, 0.15) is 16.7 Å². The fourth-order valence-electron chi connectivity index (χ4n) is 5.53. The average molecular weight is 454 g/mol. The fourth-order valence-corrected chi connectivity index (χ4v) is 5.53. The fraction of sp³-hybridized carbons (Fsp3) is 0.0968. The van der Waals surface area contributed by atoms with E-state index in [1.807, 2.05) is 54.2 Å². The minimum atomic E-state index is 0.585. The summed E-state index contributed by atoms with van der Waals surface area (Å²) in [6, 6.07) is 25.0. The highest BCUT2D eigenvalue weighted by atomic mass is 16.3. The van der Waals surface area contributed by atoms with E-state index in [1.165, 1.54) is 5.56 Å². The van der Waals surface area contributed by atoms with Gasteiger partial charge in [-0.25, -0.2) is 0 Å². The lowest BCUT2D eigenvalue weighted by atomic mass is 9.92. The first-order valence-electron chi connectivity index (χ1n) is 11.7. The maximum Gasteiger partial charge on any atom is 0.224 e. The van der Waals surface area contributed by atoms with Crippen LogP contribution in [0.4, 0.5) is 0 Å². The van der Waals surface area contributed by atoms with E-state index < -0.39 is 0 Å². The van der Waals surface area contributed by atoms with Crippen molar-refractivity contribution in [3.63, 3.8) is 0 Å².